The van der Waals surface area contributed by atoms with Crippen molar-refractivity contribution in [1.82, 2.24) is 20.2 Å². The van der Waals surface area contributed by atoms with Crippen molar-refractivity contribution in [3.63, 3.8) is 0 Å². The van der Waals surface area contributed by atoms with Gasteiger partial charge in [-0.2, -0.15) is 0 Å². The van der Waals surface area contributed by atoms with Crippen molar-refractivity contribution >= 4 is 40.9 Å². The number of piperazine rings is 1. The highest BCUT2D eigenvalue weighted by molar-refractivity contribution is 6.04. The zero-order chi connectivity index (χ0) is 31.8. The number of urea groups is 1. The minimum atomic E-state index is -1.07. The van der Waals surface area contributed by atoms with Crippen LogP contribution in [0.2, 0.25) is 0 Å². The van der Waals surface area contributed by atoms with Gasteiger partial charge in [-0.1, -0.05) is 18.2 Å². The van der Waals surface area contributed by atoms with E-state index >= 15 is 0 Å². The minimum Gasteiger partial charge on any atom is -0.481 e. The van der Waals surface area contributed by atoms with Gasteiger partial charge in [0, 0.05) is 62.2 Å². The lowest BCUT2D eigenvalue weighted by atomic mass is 10.0. The van der Waals surface area contributed by atoms with Gasteiger partial charge in [0.1, 0.15) is 0 Å². The highest BCUT2D eigenvalue weighted by atomic mass is 16.4. The highest BCUT2D eigenvalue weighted by Gasteiger charge is 2.25. The van der Waals surface area contributed by atoms with Crippen molar-refractivity contribution in [3.8, 4) is 0 Å². The predicted molar refractivity (Wildman–Crippen MR) is 169 cm³/mol. The summed E-state index contributed by atoms with van der Waals surface area (Å²) in [6, 6.07) is 17.8. The Morgan fingerprint density at radius 3 is 2.27 bits per heavy atom. The van der Waals surface area contributed by atoms with Crippen LogP contribution in [-0.4, -0.2) is 70.0 Å². The molecule has 0 bridgehead atoms. The van der Waals surface area contributed by atoms with E-state index in [4.69, 9.17) is 0 Å². The summed E-state index contributed by atoms with van der Waals surface area (Å²) < 4.78 is 0. The van der Waals surface area contributed by atoms with Crippen LogP contribution in [0.3, 0.4) is 0 Å². The minimum absolute atomic E-state index is 0.102. The molecule has 0 aliphatic carbocycles. The Kier molecular flexibility index (Phi) is 9.63. The van der Waals surface area contributed by atoms with Crippen LogP contribution in [0.1, 0.15) is 44.3 Å². The molecule has 4 amide bonds. The quantitative estimate of drug-likeness (QED) is 0.219. The predicted octanol–water partition coefficient (Wildman–Crippen LogP) is 4.34. The normalized spacial score (nSPS) is 13.4. The maximum absolute atomic E-state index is 13.4. The number of hydrogen-bond donors (Lipinski definition) is 4. The molecule has 45 heavy (non-hydrogen) atoms. The summed E-state index contributed by atoms with van der Waals surface area (Å²) in [4.78, 5) is 62.9. The number of rotatable bonds is 9. The van der Waals surface area contributed by atoms with Gasteiger partial charge < -0.3 is 30.9 Å². The van der Waals surface area contributed by atoms with E-state index < -0.39 is 23.9 Å². The van der Waals surface area contributed by atoms with Crippen molar-refractivity contribution in [2.24, 2.45) is 0 Å². The van der Waals surface area contributed by atoms with E-state index in [1.807, 2.05) is 30.0 Å². The van der Waals surface area contributed by atoms with E-state index in [0.29, 0.717) is 54.4 Å². The number of hydrogen-bond acceptors (Lipinski definition) is 7. The molecule has 0 saturated carbocycles. The average molecular weight is 608 g/mol. The first kappa shape index (κ1) is 30.7. The number of carboxylic acid groups (broad SMARTS) is 1. The SMILES string of the molecule is Cc1cccc(NC(=O)Nc2cc(C(=O)NC(CC(=O)O)c3cccnc3)ccc2N2CCN(C(=O)c3cccnc3)CC2)c1. The Morgan fingerprint density at radius 1 is 0.844 bits per heavy atom. The van der Waals surface area contributed by atoms with E-state index in [1.54, 1.807) is 72.0 Å². The number of nitrogens with one attached hydrogen (secondary N) is 3. The molecule has 230 valence electrons. The fourth-order valence-corrected chi connectivity index (χ4v) is 5.13. The molecule has 4 aromatic rings. The third kappa shape index (κ3) is 7.99. The van der Waals surface area contributed by atoms with Gasteiger partial charge >= 0.3 is 12.0 Å². The fourth-order valence-electron chi connectivity index (χ4n) is 5.13. The number of pyridine rings is 2. The fraction of sp³-hybridized carbons (Fsp3) is 0.212. The molecule has 4 N–H and O–H groups in total. The van der Waals surface area contributed by atoms with Crippen LogP contribution in [0.25, 0.3) is 0 Å². The van der Waals surface area contributed by atoms with Crippen LogP contribution in [-0.2, 0) is 4.79 Å². The summed E-state index contributed by atoms with van der Waals surface area (Å²) in [5.74, 6) is -1.68. The molecular formula is C33H33N7O5. The molecule has 0 spiro atoms. The monoisotopic (exact) mass is 607 g/mol. The number of amides is 4. The lowest BCUT2D eigenvalue weighted by Gasteiger charge is -2.37. The number of nitrogens with zero attached hydrogens (tertiary/aromatic N) is 4. The number of aromatic nitrogens is 2. The summed E-state index contributed by atoms with van der Waals surface area (Å²) in [5, 5.41) is 17.9. The van der Waals surface area contributed by atoms with Gasteiger partial charge in [-0.3, -0.25) is 24.4 Å². The Morgan fingerprint density at radius 2 is 1.60 bits per heavy atom. The third-order valence-electron chi connectivity index (χ3n) is 7.37. The van der Waals surface area contributed by atoms with Crippen LogP contribution in [0.4, 0.5) is 21.9 Å². The Bertz CT molecular complexity index is 1680. The van der Waals surface area contributed by atoms with Crippen molar-refractivity contribution in [3.05, 3.63) is 114 Å². The summed E-state index contributed by atoms with van der Waals surface area (Å²) >= 11 is 0. The van der Waals surface area contributed by atoms with E-state index in [-0.39, 0.29) is 17.9 Å². The maximum atomic E-state index is 13.4. The largest absolute Gasteiger partial charge is 0.481 e. The number of carbonyl (C=O) groups excluding carboxylic acids is 3. The third-order valence-corrected chi connectivity index (χ3v) is 7.37. The van der Waals surface area contributed by atoms with Crippen molar-refractivity contribution in [1.29, 1.82) is 0 Å². The summed E-state index contributed by atoms with van der Waals surface area (Å²) in [7, 11) is 0. The molecule has 1 fully saturated rings. The highest BCUT2D eigenvalue weighted by Crippen LogP contribution is 2.30. The van der Waals surface area contributed by atoms with Crippen molar-refractivity contribution < 1.29 is 24.3 Å². The Balaban J connectivity index is 1.37. The van der Waals surface area contributed by atoms with Crippen LogP contribution in [0.15, 0.2) is 91.5 Å². The van der Waals surface area contributed by atoms with Crippen molar-refractivity contribution in [2.45, 2.75) is 19.4 Å². The second kappa shape index (κ2) is 14.1. The topological polar surface area (TPSA) is 157 Å². The molecule has 12 nitrogen and oxygen atoms in total. The summed E-state index contributed by atoms with van der Waals surface area (Å²) in [5.41, 5.74) is 3.95. The summed E-state index contributed by atoms with van der Waals surface area (Å²) in [6.45, 7) is 3.81. The van der Waals surface area contributed by atoms with Gasteiger partial charge in [-0.05, 0) is 66.6 Å². The zero-order valence-electron chi connectivity index (χ0n) is 24.6. The van der Waals surface area contributed by atoms with Crippen LogP contribution < -0.4 is 20.9 Å². The van der Waals surface area contributed by atoms with Gasteiger partial charge in [0.25, 0.3) is 11.8 Å². The van der Waals surface area contributed by atoms with Crippen LogP contribution in [0.5, 0.6) is 0 Å². The van der Waals surface area contributed by atoms with Gasteiger partial charge in [0.2, 0.25) is 0 Å². The number of anilines is 3. The lowest BCUT2D eigenvalue weighted by Crippen LogP contribution is -2.49. The standard InChI is InChI=1S/C33H33N7O5/c1-22-5-2-8-26(17-22)36-33(45)38-28-18-23(31(43)37-27(19-30(41)42)24-6-3-11-34-20-24)9-10-29(28)39-13-15-40(16-14-39)32(44)25-7-4-12-35-21-25/h2-12,17-18,20-21,27H,13-16,19H2,1H3,(H,37,43)(H,41,42)(H2,36,38,45). The molecule has 3 heterocycles. The smallest absolute Gasteiger partial charge is 0.323 e. The van der Waals surface area contributed by atoms with Crippen LogP contribution >= 0.6 is 0 Å². The second-order valence-corrected chi connectivity index (χ2v) is 10.6. The van der Waals surface area contributed by atoms with E-state index in [2.05, 4.69) is 25.9 Å². The van der Waals surface area contributed by atoms with E-state index in [1.165, 1.54) is 6.20 Å². The molecule has 2 aromatic heterocycles. The van der Waals surface area contributed by atoms with Gasteiger partial charge in [0.05, 0.1) is 29.4 Å². The molecule has 1 aliphatic heterocycles. The molecule has 1 atom stereocenters. The molecule has 1 unspecified atom stereocenters. The summed E-state index contributed by atoms with van der Waals surface area (Å²) in [6.07, 6.45) is 5.91. The van der Waals surface area contributed by atoms with Gasteiger partial charge in [-0.25, -0.2) is 4.79 Å². The molecule has 1 saturated heterocycles. The lowest BCUT2D eigenvalue weighted by molar-refractivity contribution is -0.137. The van der Waals surface area contributed by atoms with Gasteiger partial charge in [0.15, 0.2) is 0 Å². The average Bonchev–Trinajstić information content (AvgIpc) is 3.05. The molecular weight excluding hydrogens is 574 g/mol. The molecule has 0 radical (unpaired) electrons. The Labute approximate surface area is 260 Å². The number of benzene rings is 2. The van der Waals surface area contributed by atoms with Crippen LogP contribution in [0, 0.1) is 6.92 Å². The molecule has 2 aromatic carbocycles. The molecule has 12 heteroatoms. The zero-order valence-corrected chi connectivity index (χ0v) is 24.6. The number of aryl methyl sites for hydroxylation is 1. The number of carboxylic acids is 1. The maximum Gasteiger partial charge on any atom is 0.323 e. The number of aliphatic carboxylic acids is 1. The van der Waals surface area contributed by atoms with Crippen molar-refractivity contribution in [2.75, 3.05) is 41.7 Å². The molecule has 5 rings (SSSR count). The number of carbonyl (C=O) groups is 4. The first-order valence-corrected chi connectivity index (χ1v) is 14.4. The van der Waals surface area contributed by atoms with Gasteiger partial charge in [-0.15, -0.1) is 0 Å². The first-order valence-electron chi connectivity index (χ1n) is 14.4. The first-order chi connectivity index (χ1) is 21.8. The Hall–Kier alpha value is -5.78. The molecule has 1 aliphatic rings. The van der Waals surface area contributed by atoms with E-state index in [0.717, 1.165) is 5.56 Å². The second-order valence-electron chi connectivity index (χ2n) is 10.6. The van der Waals surface area contributed by atoms with E-state index in [9.17, 15) is 24.3 Å².